The molecule has 400 valence electrons. The molecular weight excluding hydrogens is 1110 g/mol. The normalized spacial score (nSPS) is 12.7. The zero-order valence-electron chi connectivity index (χ0n) is 39.9. The van der Waals surface area contributed by atoms with Crippen LogP contribution in [-0.4, -0.2) is 72.5 Å². The Bertz CT molecular complexity index is 3360. The first-order chi connectivity index (χ1) is 35.9. The maximum Gasteiger partial charge on any atom is 0.270 e. The summed E-state index contributed by atoms with van der Waals surface area (Å²) in [5, 5.41) is 55.9. The number of nitrogen functional groups attached to an aromatic ring is 1. The number of thiophene rings is 1. The smallest absolute Gasteiger partial charge is 0.270 e. The minimum Gasteiger partial charge on any atom is -0.399 e. The third-order valence-electron chi connectivity index (χ3n) is 9.88. The minimum atomic E-state index is -3.35. The van der Waals surface area contributed by atoms with Crippen molar-refractivity contribution in [2.45, 2.75) is 46.1 Å². The summed E-state index contributed by atoms with van der Waals surface area (Å²) in [6.45, 7) is 5.04. The van der Waals surface area contributed by atoms with E-state index in [1.807, 2.05) is 25.3 Å². The zero-order valence-corrected chi connectivity index (χ0v) is 44.8. The highest BCUT2D eigenvalue weighted by atomic mass is 35.5. The molecule has 7 aromatic rings. The number of halogens is 1. The van der Waals surface area contributed by atoms with E-state index < -0.39 is 39.4 Å². The zero-order chi connectivity index (χ0) is 56.2. The second-order valence-electron chi connectivity index (χ2n) is 15.1. The number of thiol groups is 1. The Balaban J connectivity index is 0.000000199. The van der Waals surface area contributed by atoms with E-state index in [4.69, 9.17) is 26.8 Å². The van der Waals surface area contributed by atoms with Gasteiger partial charge in [-0.2, -0.15) is 0 Å². The molecule has 0 bridgehead atoms. The fourth-order valence-corrected chi connectivity index (χ4v) is 10.9. The molecule has 9 rings (SSSR count). The molecule has 3 heterocycles. The van der Waals surface area contributed by atoms with Gasteiger partial charge in [0.05, 0.1) is 40.2 Å². The van der Waals surface area contributed by atoms with Crippen molar-refractivity contribution < 1.29 is 50.9 Å². The number of non-ortho nitro benzene ring substituents is 5. The standard InChI is InChI=1S/C12H17NO4S.C8H5NO4S.C8H9NO2S.C8H5NO2S.C6H4ClNO2.C6H5NO2S/c1-3-16-12(17-4-2)9-18-11-7-5-10(6-8-11)13(14)15;10-9(11)7-1-2-8-6(5-7)3-4-14(8,12)13;9-7-1-2-8-6(5-7)3-4-12(8,10)11;10-9(11)7-1-2-8-6(5-7)3-4-12-8;7-5-1-3-6(4-2-5)8(9)10;8-7(9)5-1-3-6(10)4-2-5/h5-8,12H,3-4,9H2,1-2H3;1-5H;1-2,5H,3-4,9H2;1-5H;1-4H;1-4,10H. The Morgan fingerprint density at radius 3 is 1.67 bits per heavy atom. The first kappa shape index (κ1) is 61.2. The molecule has 0 fully saturated rings. The van der Waals surface area contributed by atoms with Gasteiger partial charge < -0.3 is 15.2 Å². The Hall–Kier alpha value is -7.37. The molecule has 0 aliphatic carbocycles. The lowest BCUT2D eigenvalue weighted by atomic mass is 10.1. The number of hydrogen-bond donors (Lipinski definition) is 2. The van der Waals surface area contributed by atoms with E-state index in [1.165, 1.54) is 78.9 Å². The molecule has 0 atom stereocenters. The predicted octanol–water partition coefficient (Wildman–Crippen LogP) is 12.0. The van der Waals surface area contributed by atoms with Crippen LogP contribution in [-0.2, 0) is 35.6 Å². The van der Waals surface area contributed by atoms with Gasteiger partial charge in [0.25, 0.3) is 28.4 Å². The van der Waals surface area contributed by atoms with Gasteiger partial charge in [-0.05, 0) is 115 Å². The molecule has 0 saturated carbocycles. The Kier molecular flexibility index (Phi) is 23.4. The van der Waals surface area contributed by atoms with Crippen LogP contribution >= 0.6 is 47.3 Å². The van der Waals surface area contributed by atoms with Gasteiger partial charge >= 0.3 is 0 Å². The largest absolute Gasteiger partial charge is 0.399 e. The first-order valence-corrected chi connectivity index (χ1v) is 27.7. The molecule has 0 unspecified atom stereocenters. The third-order valence-corrected chi connectivity index (χ3v) is 15.7. The van der Waals surface area contributed by atoms with E-state index in [-0.39, 0.29) is 50.3 Å². The average molecular weight is 1160 g/mol. The van der Waals surface area contributed by atoms with Crippen LogP contribution in [0, 0.1) is 50.6 Å². The first-order valence-electron chi connectivity index (χ1n) is 21.8. The number of fused-ring (bicyclic) bond motifs is 3. The number of rotatable bonds is 12. The molecule has 0 radical (unpaired) electrons. The van der Waals surface area contributed by atoms with Gasteiger partial charge in [-0.25, -0.2) is 16.8 Å². The van der Waals surface area contributed by atoms with E-state index in [2.05, 4.69) is 12.6 Å². The fourth-order valence-electron chi connectivity index (χ4n) is 6.28. The number of aryl methyl sites for hydroxylation is 1. The highest BCUT2D eigenvalue weighted by Crippen LogP contribution is 2.30. The molecule has 0 saturated heterocycles. The van der Waals surface area contributed by atoms with Crippen molar-refractivity contribution in [1.29, 1.82) is 0 Å². The van der Waals surface area contributed by atoms with Gasteiger partial charge in [-0.1, -0.05) is 11.6 Å². The van der Waals surface area contributed by atoms with E-state index in [0.29, 0.717) is 46.6 Å². The molecule has 28 heteroatoms. The summed E-state index contributed by atoms with van der Waals surface area (Å²) in [5.41, 5.74) is 7.69. The summed E-state index contributed by atoms with van der Waals surface area (Å²) < 4.78 is 57.1. The molecule has 2 N–H and O–H groups in total. The highest BCUT2D eigenvalue weighted by Gasteiger charge is 2.26. The van der Waals surface area contributed by atoms with E-state index in [0.717, 1.165) is 30.8 Å². The van der Waals surface area contributed by atoms with Crippen LogP contribution < -0.4 is 5.73 Å². The van der Waals surface area contributed by atoms with E-state index in [9.17, 15) is 67.4 Å². The number of nitrogens with zero attached hydrogens (tertiary/aromatic N) is 5. The van der Waals surface area contributed by atoms with E-state index >= 15 is 0 Å². The average Bonchev–Trinajstić information content (AvgIpc) is 4.08. The van der Waals surface area contributed by atoms with Crippen LogP contribution in [0.25, 0.3) is 16.2 Å². The van der Waals surface area contributed by atoms with Crippen LogP contribution in [0.15, 0.2) is 164 Å². The van der Waals surface area contributed by atoms with Gasteiger partial charge in [0, 0.05) is 116 Å². The molecule has 2 aliphatic heterocycles. The SMILES string of the molecule is CCOC(CSc1ccc([N+](=O)[O-])cc1)OCC.Nc1ccc2c(c1)CCS2(=O)=O.O=[N+]([O-])c1ccc(Cl)cc1.O=[N+]([O-])c1ccc(S)cc1.O=[N+]([O-])c1ccc2c(c1)C=CS2(=O)=O.O=[N+]([O-])c1ccc2sccc2c1. The number of hydrogen-bond acceptors (Lipinski definition) is 20. The molecule has 0 spiro atoms. The van der Waals surface area contributed by atoms with E-state index in [1.54, 1.807) is 77.7 Å². The van der Waals surface area contributed by atoms with Crippen molar-refractivity contribution in [3.63, 3.8) is 0 Å². The van der Waals surface area contributed by atoms with Crippen molar-refractivity contribution in [2.75, 3.05) is 30.5 Å². The third kappa shape index (κ3) is 19.1. The van der Waals surface area contributed by atoms with Crippen LogP contribution in [0.1, 0.15) is 25.0 Å². The lowest BCUT2D eigenvalue weighted by Crippen LogP contribution is -2.19. The predicted molar refractivity (Wildman–Crippen MR) is 294 cm³/mol. The number of anilines is 1. The number of ether oxygens (including phenoxy) is 2. The molecule has 2 aliphatic rings. The van der Waals surface area contributed by atoms with Gasteiger partial charge in [0.2, 0.25) is 0 Å². The van der Waals surface area contributed by atoms with Crippen molar-refractivity contribution in [3.8, 4) is 0 Å². The molecular formula is C48H45ClN6O16S5. The summed E-state index contributed by atoms with van der Waals surface area (Å²) >= 11 is 12.6. The van der Waals surface area contributed by atoms with Crippen molar-refractivity contribution in [1.82, 2.24) is 0 Å². The fraction of sp³-hybridized carbons (Fsp3) is 0.167. The van der Waals surface area contributed by atoms with Gasteiger partial charge in [-0.3, -0.25) is 50.6 Å². The molecule has 1 aromatic heterocycles. The Labute approximate surface area is 453 Å². The van der Waals surface area contributed by atoms with Crippen LogP contribution in [0.2, 0.25) is 5.02 Å². The lowest BCUT2D eigenvalue weighted by Gasteiger charge is -2.16. The topological polar surface area (TPSA) is 328 Å². The maximum absolute atomic E-state index is 11.3. The number of sulfone groups is 2. The van der Waals surface area contributed by atoms with Gasteiger partial charge in [0.15, 0.2) is 26.0 Å². The molecule has 22 nitrogen and oxygen atoms in total. The number of nitro groups is 5. The van der Waals surface area contributed by atoms with Crippen LogP contribution in [0.3, 0.4) is 0 Å². The monoisotopic (exact) mass is 1160 g/mol. The lowest BCUT2D eigenvalue weighted by molar-refractivity contribution is -0.385. The Morgan fingerprint density at radius 2 is 1.13 bits per heavy atom. The number of thioether (sulfide) groups is 1. The number of nitrogens with two attached hydrogens (primary N) is 1. The minimum absolute atomic E-state index is 0.0596. The number of benzene rings is 6. The molecule has 0 amide bonds. The summed E-state index contributed by atoms with van der Waals surface area (Å²) in [6.07, 6.45) is 1.72. The number of nitro benzene ring substituents is 5. The maximum atomic E-state index is 11.3. The van der Waals surface area contributed by atoms with Crippen molar-refractivity contribution in [2.24, 2.45) is 0 Å². The summed E-state index contributed by atoms with van der Waals surface area (Å²) in [6, 6.07) is 33.6. The second kappa shape index (κ2) is 29.1. The van der Waals surface area contributed by atoms with Crippen molar-refractivity contribution >= 4 is 117 Å². The second-order valence-corrected chi connectivity index (χ2v) is 21.9. The van der Waals surface area contributed by atoms with Gasteiger partial charge in [0.1, 0.15) is 0 Å². The summed E-state index contributed by atoms with van der Waals surface area (Å²) in [4.78, 5) is 51.5. The molecule has 6 aromatic carbocycles. The Morgan fingerprint density at radius 1 is 0.645 bits per heavy atom. The van der Waals surface area contributed by atoms with Crippen LogP contribution in [0.4, 0.5) is 34.1 Å². The highest BCUT2D eigenvalue weighted by molar-refractivity contribution is 7.99. The van der Waals surface area contributed by atoms with Gasteiger partial charge in [-0.15, -0.1) is 35.7 Å². The van der Waals surface area contributed by atoms with Crippen LogP contribution in [0.5, 0.6) is 0 Å². The van der Waals surface area contributed by atoms with Crippen molar-refractivity contribution in [3.05, 3.63) is 211 Å². The summed E-state index contributed by atoms with van der Waals surface area (Å²) in [5.74, 6) is 0.894. The summed E-state index contributed by atoms with van der Waals surface area (Å²) in [7, 11) is -6.33. The molecule has 76 heavy (non-hydrogen) atoms. The quantitative estimate of drug-likeness (QED) is 0.0287.